The number of hydrogen-bond donors (Lipinski definition) is 1. The van der Waals surface area contributed by atoms with Crippen LogP contribution in [0.1, 0.15) is 32.3 Å². The van der Waals surface area contributed by atoms with Gasteiger partial charge < -0.3 is 14.3 Å². The maximum atomic E-state index is 11.7. The Morgan fingerprint density at radius 1 is 1.45 bits per heavy atom. The average Bonchev–Trinajstić information content (AvgIpc) is 2.95. The van der Waals surface area contributed by atoms with Crippen molar-refractivity contribution in [3.05, 3.63) is 23.8 Å². The van der Waals surface area contributed by atoms with Gasteiger partial charge in [0.25, 0.3) is 5.22 Å². The first-order valence-electron chi connectivity index (χ1n) is 6.17. The van der Waals surface area contributed by atoms with E-state index in [2.05, 4.69) is 15.5 Å². The van der Waals surface area contributed by atoms with E-state index in [-0.39, 0.29) is 17.1 Å². The third-order valence-corrected chi connectivity index (χ3v) is 3.29. The van der Waals surface area contributed by atoms with E-state index in [1.165, 1.54) is 11.8 Å². The van der Waals surface area contributed by atoms with E-state index in [4.69, 9.17) is 8.94 Å². The van der Waals surface area contributed by atoms with Gasteiger partial charge in [0, 0.05) is 11.5 Å². The van der Waals surface area contributed by atoms with Gasteiger partial charge in [0.1, 0.15) is 11.5 Å². The number of oxazole rings is 1. The second kappa shape index (κ2) is 5.70. The minimum absolute atomic E-state index is 0.0910. The number of carbonyl (C=O) groups excluding carboxylic acids is 1. The van der Waals surface area contributed by atoms with Gasteiger partial charge in [-0.05, 0) is 6.92 Å². The molecule has 0 aliphatic heterocycles. The molecular weight excluding hydrogens is 278 g/mol. The minimum Gasteiger partial charge on any atom is -0.436 e. The molecule has 0 unspecified atom stereocenters. The predicted molar refractivity (Wildman–Crippen MR) is 75.8 cm³/mol. The second-order valence-electron chi connectivity index (χ2n) is 5.40. The van der Waals surface area contributed by atoms with E-state index in [9.17, 15) is 4.79 Å². The number of aromatic nitrogens is 2. The van der Waals surface area contributed by atoms with Crippen LogP contribution < -0.4 is 5.32 Å². The van der Waals surface area contributed by atoms with Gasteiger partial charge in [-0.2, -0.15) is 0 Å². The number of aryl methyl sites for hydroxylation is 1. The second-order valence-corrected chi connectivity index (χ2v) is 6.33. The van der Waals surface area contributed by atoms with Crippen LogP contribution in [0.3, 0.4) is 0 Å². The number of amides is 1. The Balaban J connectivity index is 1.86. The van der Waals surface area contributed by atoms with Gasteiger partial charge >= 0.3 is 0 Å². The third kappa shape index (κ3) is 3.86. The SMILES string of the molecule is Cc1cc(NC(=O)CSc2ncc(C(C)(C)C)o2)no1. The van der Waals surface area contributed by atoms with Crippen LogP contribution in [0.15, 0.2) is 26.4 Å². The van der Waals surface area contributed by atoms with Crippen LogP contribution in [0.4, 0.5) is 5.82 Å². The number of anilines is 1. The zero-order valence-electron chi connectivity index (χ0n) is 11.9. The molecule has 2 aromatic rings. The fraction of sp³-hybridized carbons (Fsp3) is 0.462. The lowest BCUT2D eigenvalue weighted by Crippen LogP contribution is -2.14. The standard InChI is InChI=1S/C13H17N3O3S/c1-8-5-10(16-19-8)15-11(17)7-20-12-14-6-9(18-12)13(2,3)4/h5-6H,7H2,1-4H3,(H,15,16,17). The van der Waals surface area contributed by atoms with E-state index in [1.807, 2.05) is 20.8 Å². The van der Waals surface area contributed by atoms with Crippen LogP contribution >= 0.6 is 11.8 Å². The summed E-state index contributed by atoms with van der Waals surface area (Å²) in [5, 5.41) is 6.82. The van der Waals surface area contributed by atoms with Crippen molar-refractivity contribution >= 4 is 23.5 Å². The summed E-state index contributed by atoms with van der Waals surface area (Å²) in [6.45, 7) is 7.89. The highest BCUT2D eigenvalue weighted by atomic mass is 32.2. The number of hydrogen-bond acceptors (Lipinski definition) is 6. The lowest BCUT2D eigenvalue weighted by Gasteiger charge is -2.12. The molecule has 0 spiro atoms. The van der Waals surface area contributed by atoms with Crippen LogP contribution in [-0.4, -0.2) is 21.8 Å². The van der Waals surface area contributed by atoms with Crippen LogP contribution in [-0.2, 0) is 10.2 Å². The molecule has 0 bridgehead atoms. The van der Waals surface area contributed by atoms with Gasteiger partial charge in [-0.1, -0.05) is 37.7 Å². The molecule has 108 valence electrons. The summed E-state index contributed by atoms with van der Waals surface area (Å²) in [6, 6.07) is 1.66. The van der Waals surface area contributed by atoms with Crippen molar-refractivity contribution in [3.63, 3.8) is 0 Å². The zero-order valence-corrected chi connectivity index (χ0v) is 12.7. The van der Waals surface area contributed by atoms with E-state index < -0.39 is 0 Å². The highest BCUT2D eigenvalue weighted by molar-refractivity contribution is 7.99. The average molecular weight is 295 g/mol. The van der Waals surface area contributed by atoms with Crippen molar-refractivity contribution in [2.24, 2.45) is 0 Å². The van der Waals surface area contributed by atoms with Crippen LogP contribution in [0.25, 0.3) is 0 Å². The maximum absolute atomic E-state index is 11.7. The largest absolute Gasteiger partial charge is 0.436 e. The minimum atomic E-state index is -0.182. The Bertz CT molecular complexity index is 598. The number of nitrogens with zero attached hydrogens (tertiary/aromatic N) is 2. The van der Waals surface area contributed by atoms with Crippen LogP contribution in [0, 0.1) is 6.92 Å². The molecule has 0 saturated carbocycles. The summed E-state index contributed by atoms with van der Waals surface area (Å²) >= 11 is 1.24. The highest BCUT2D eigenvalue weighted by Gasteiger charge is 2.19. The molecule has 0 fully saturated rings. The Morgan fingerprint density at radius 2 is 2.20 bits per heavy atom. The number of rotatable bonds is 4. The summed E-state index contributed by atoms with van der Waals surface area (Å²) < 4.78 is 10.5. The molecular formula is C13H17N3O3S. The lowest BCUT2D eigenvalue weighted by atomic mass is 9.94. The zero-order chi connectivity index (χ0) is 14.8. The van der Waals surface area contributed by atoms with E-state index in [1.54, 1.807) is 19.2 Å². The van der Waals surface area contributed by atoms with Crippen molar-refractivity contribution in [1.29, 1.82) is 0 Å². The van der Waals surface area contributed by atoms with Crippen molar-refractivity contribution in [3.8, 4) is 0 Å². The lowest BCUT2D eigenvalue weighted by molar-refractivity contribution is -0.113. The Hall–Kier alpha value is -1.76. The predicted octanol–water partition coefficient (Wildman–Crippen LogP) is 3.00. The molecule has 1 N–H and O–H groups in total. The van der Waals surface area contributed by atoms with Gasteiger partial charge in [0.05, 0.1) is 11.9 Å². The van der Waals surface area contributed by atoms with Gasteiger partial charge in [0.2, 0.25) is 5.91 Å². The molecule has 0 aliphatic rings. The Labute approximate surface area is 121 Å². The molecule has 2 heterocycles. The Kier molecular flexibility index (Phi) is 4.17. The van der Waals surface area contributed by atoms with E-state index >= 15 is 0 Å². The normalized spacial score (nSPS) is 11.6. The molecule has 1 amide bonds. The van der Waals surface area contributed by atoms with Crippen molar-refractivity contribution in [2.45, 2.75) is 38.3 Å². The summed E-state index contributed by atoms with van der Waals surface area (Å²) in [6.07, 6.45) is 1.70. The van der Waals surface area contributed by atoms with Gasteiger partial charge in [-0.15, -0.1) is 0 Å². The van der Waals surface area contributed by atoms with Crippen LogP contribution in [0.5, 0.6) is 0 Å². The quantitative estimate of drug-likeness (QED) is 0.873. The highest BCUT2D eigenvalue weighted by Crippen LogP contribution is 2.26. The molecule has 6 nitrogen and oxygen atoms in total. The fourth-order valence-corrected chi connectivity index (χ4v) is 2.01. The number of nitrogens with one attached hydrogen (secondary N) is 1. The molecule has 0 aliphatic carbocycles. The first kappa shape index (κ1) is 14.6. The van der Waals surface area contributed by atoms with Crippen molar-refractivity contribution in [1.82, 2.24) is 10.1 Å². The first-order valence-corrected chi connectivity index (χ1v) is 7.15. The number of thioether (sulfide) groups is 1. The molecule has 7 heteroatoms. The summed E-state index contributed by atoms with van der Waals surface area (Å²) in [7, 11) is 0. The molecule has 2 aromatic heterocycles. The van der Waals surface area contributed by atoms with E-state index in [0.29, 0.717) is 16.8 Å². The maximum Gasteiger partial charge on any atom is 0.256 e. The van der Waals surface area contributed by atoms with Crippen molar-refractivity contribution in [2.75, 3.05) is 11.1 Å². The van der Waals surface area contributed by atoms with Crippen molar-refractivity contribution < 1.29 is 13.7 Å². The van der Waals surface area contributed by atoms with Crippen LogP contribution in [0.2, 0.25) is 0 Å². The summed E-state index contributed by atoms with van der Waals surface area (Å²) in [4.78, 5) is 15.9. The van der Waals surface area contributed by atoms with E-state index in [0.717, 1.165) is 5.76 Å². The van der Waals surface area contributed by atoms with Gasteiger partial charge in [0.15, 0.2) is 5.82 Å². The summed E-state index contributed by atoms with van der Waals surface area (Å²) in [5.74, 6) is 1.88. The molecule has 0 saturated heterocycles. The smallest absolute Gasteiger partial charge is 0.256 e. The molecule has 0 atom stereocenters. The van der Waals surface area contributed by atoms with Gasteiger partial charge in [-0.3, -0.25) is 4.79 Å². The first-order chi connectivity index (χ1) is 9.34. The summed E-state index contributed by atoms with van der Waals surface area (Å²) in [5.41, 5.74) is -0.0910. The van der Waals surface area contributed by atoms with Gasteiger partial charge in [-0.25, -0.2) is 4.98 Å². The molecule has 0 aromatic carbocycles. The topological polar surface area (TPSA) is 81.2 Å². The monoisotopic (exact) mass is 295 g/mol. The molecule has 0 radical (unpaired) electrons. The Morgan fingerprint density at radius 3 is 2.75 bits per heavy atom. The third-order valence-electron chi connectivity index (χ3n) is 2.45. The number of carbonyl (C=O) groups is 1. The molecule has 2 rings (SSSR count). The molecule has 20 heavy (non-hydrogen) atoms. The fourth-order valence-electron chi connectivity index (χ4n) is 1.40.